The zero-order valence-corrected chi connectivity index (χ0v) is 17.1. The summed E-state index contributed by atoms with van der Waals surface area (Å²) in [5, 5.41) is 0. The quantitative estimate of drug-likeness (QED) is 0.788. The van der Waals surface area contributed by atoms with Crippen molar-refractivity contribution in [2.75, 3.05) is 32.7 Å². The first-order chi connectivity index (χ1) is 14.0. The minimum Gasteiger partial charge on any atom is -0.496 e. The van der Waals surface area contributed by atoms with Gasteiger partial charge in [-0.05, 0) is 31.9 Å². The van der Waals surface area contributed by atoms with E-state index < -0.39 is 0 Å². The van der Waals surface area contributed by atoms with Crippen LogP contribution < -0.4 is 14.4 Å². The fourth-order valence-electron chi connectivity index (χ4n) is 4.11. The van der Waals surface area contributed by atoms with Crippen molar-refractivity contribution in [3.05, 3.63) is 40.8 Å². The molecule has 4 rings (SSSR count). The van der Waals surface area contributed by atoms with E-state index in [2.05, 4.69) is 9.97 Å². The Kier molecular flexibility index (Phi) is 4.86. The van der Waals surface area contributed by atoms with Gasteiger partial charge in [0.25, 0.3) is 5.91 Å². The van der Waals surface area contributed by atoms with Gasteiger partial charge in [0.15, 0.2) is 5.82 Å². The number of amides is 2. The minimum atomic E-state index is -0.259. The van der Waals surface area contributed by atoms with Crippen LogP contribution in [0.25, 0.3) is 0 Å². The van der Waals surface area contributed by atoms with Gasteiger partial charge >= 0.3 is 0 Å². The van der Waals surface area contributed by atoms with Gasteiger partial charge in [0.05, 0.1) is 26.7 Å². The molecule has 152 valence electrons. The lowest BCUT2D eigenvalue weighted by atomic mass is 10.1. The molecule has 1 saturated heterocycles. The molecule has 1 atom stereocenters. The highest BCUT2D eigenvalue weighted by atomic mass is 16.5. The molecular formula is C21H24N4O4. The third-order valence-electron chi connectivity index (χ3n) is 5.68. The van der Waals surface area contributed by atoms with Crippen LogP contribution in [-0.4, -0.2) is 54.5 Å². The van der Waals surface area contributed by atoms with Gasteiger partial charge in [-0.3, -0.25) is 14.5 Å². The molecule has 0 radical (unpaired) electrons. The van der Waals surface area contributed by atoms with Crippen LogP contribution in [0.5, 0.6) is 11.5 Å². The Labute approximate surface area is 169 Å². The fourth-order valence-corrected chi connectivity index (χ4v) is 4.11. The molecule has 3 heterocycles. The third kappa shape index (κ3) is 3.08. The number of carbonyl (C=O) groups excluding carboxylic acids is 2. The summed E-state index contributed by atoms with van der Waals surface area (Å²) in [5.41, 5.74) is 2.05. The molecule has 2 aromatic rings. The summed E-state index contributed by atoms with van der Waals surface area (Å²) in [6, 6.07) is 5.02. The topological polar surface area (TPSA) is 84.9 Å². The predicted molar refractivity (Wildman–Crippen MR) is 106 cm³/mol. The zero-order chi connectivity index (χ0) is 20.7. The van der Waals surface area contributed by atoms with E-state index in [1.165, 1.54) is 14.2 Å². The number of fused-ring (bicyclic) bond motifs is 1. The highest BCUT2D eigenvalue weighted by Gasteiger charge is 2.37. The maximum absolute atomic E-state index is 13.5. The average Bonchev–Trinajstić information content (AvgIpc) is 3.33. The summed E-state index contributed by atoms with van der Waals surface area (Å²) in [6.45, 7) is 2.49. The van der Waals surface area contributed by atoms with Gasteiger partial charge in [0, 0.05) is 24.8 Å². The van der Waals surface area contributed by atoms with Crippen LogP contribution in [0, 0.1) is 6.92 Å². The lowest BCUT2D eigenvalue weighted by Gasteiger charge is -2.26. The van der Waals surface area contributed by atoms with E-state index in [4.69, 9.17) is 9.47 Å². The normalized spacial score (nSPS) is 18.2. The molecule has 0 spiro atoms. The first-order valence-electron chi connectivity index (χ1n) is 9.62. The number of carbonyl (C=O) groups is 2. The number of likely N-dealkylation sites (tertiary alicyclic amines) is 1. The molecule has 0 N–H and O–H groups in total. The van der Waals surface area contributed by atoms with Crippen LogP contribution in [0.3, 0.4) is 0 Å². The Morgan fingerprint density at radius 3 is 2.52 bits per heavy atom. The molecule has 2 aliphatic heterocycles. The van der Waals surface area contributed by atoms with Gasteiger partial charge in [0.2, 0.25) is 5.91 Å². The van der Waals surface area contributed by atoms with Crippen LogP contribution in [-0.2, 0) is 11.2 Å². The fraction of sp³-hybridized carbons (Fsp3) is 0.429. The molecule has 2 aliphatic rings. The molecule has 0 bridgehead atoms. The maximum atomic E-state index is 13.5. The number of aryl methyl sites for hydroxylation is 1. The monoisotopic (exact) mass is 396 g/mol. The van der Waals surface area contributed by atoms with Gasteiger partial charge in [-0.15, -0.1) is 0 Å². The Bertz CT molecular complexity index is 969. The number of benzene rings is 1. The molecule has 8 heteroatoms. The maximum Gasteiger partial charge on any atom is 0.262 e. The average molecular weight is 396 g/mol. The molecule has 1 fully saturated rings. The number of aromatic nitrogens is 2. The van der Waals surface area contributed by atoms with Crippen molar-refractivity contribution >= 4 is 17.6 Å². The molecule has 1 unspecified atom stereocenters. The number of hydrogen-bond acceptors (Lipinski definition) is 6. The van der Waals surface area contributed by atoms with E-state index in [0.29, 0.717) is 41.7 Å². The number of hydrogen-bond donors (Lipinski definition) is 0. The lowest BCUT2D eigenvalue weighted by Crippen LogP contribution is -2.32. The summed E-state index contributed by atoms with van der Waals surface area (Å²) in [7, 11) is 4.79. The first-order valence-corrected chi connectivity index (χ1v) is 9.62. The van der Waals surface area contributed by atoms with E-state index in [1.54, 1.807) is 35.0 Å². The molecule has 8 nitrogen and oxygen atoms in total. The van der Waals surface area contributed by atoms with Gasteiger partial charge in [-0.25, -0.2) is 9.97 Å². The molecule has 1 aromatic carbocycles. The first kappa shape index (κ1) is 19.2. The van der Waals surface area contributed by atoms with E-state index in [1.807, 2.05) is 6.92 Å². The Morgan fingerprint density at radius 1 is 1.17 bits per heavy atom. The highest BCUT2D eigenvalue weighted by molar-refractivity contribution is 6.01. The molecular weight excluding hydrogens is 372 g/mol. The third-order valence-corrected chi connectivity index (χ3v) is 5.68. The zero-order valence-electron chi connectivity index (χ0n) is 17.1. The summed E-state index contributed by atoms with van der Waals surface area (Å²) in [6.07, 6.45) is 1.94. The van der Waals surface area contributed by atoms with Crippen molar-refractivity contribution in [1.29, 1.82) is 0 Å². The SMILES string of the molecule is COc1cccc(OC)c1C(=O)N1CCCC1c1nc(C)c2c(n1)N(C)C(=O)C2. The number of methoxy groups -OCH3 is 2. The van der Waals surface area contributed by atoms with E-state index in [9.17, 15) is 9.59 Å². The number of rotatable bonds is 4. The van der Waals surface area contributed by atoms with Gasteiger partial charge in [-0.1, -0.05) is 6.07 Å². The van der Waals surface area contributed by atoms with Crippen molar-refractivity contribution < 1.29 is 19.1 Å². The van der Waals surface area contributed by atoms with Crippen molar-refractivity contribution in [1.82, 2.24) is 14.9 Å². The van der Waals surface area contributed by atoms with Gasteiger partial charge in [-0.2, -0.15) is 0 Å². The van der Waals surface area contributed by atoms with Gasteiger partial charge < -0.3 is 14.4 Å². The molecule has 0 saturated carbocycles. The van der Waals surface area contributed by atoms with Crippen molar-refractivity contribution in [3.8, 4) is 11.5 Å². The van der Waals surface area contributed by atoms with Crippen LogP contribution in [0.4, 0.5) is 5.82 Å². The summed E-state index contributed by atoms with van der Waals surface area (Å²) in [5.74, 6) is 1.99. The second kappa shape index (κ2) is 7.35. The van der Waals surface area contributed by atoms with E-state index >= 15 is 0 Å². The second-order valence-corrected chi connectivity index (χ2v) is 7.29. The molecule has 29 heavy (non-hydrogen) atoms. The van der Waals surface area contributed by atoms with Crippen LogP contribution >= 0.6 is 0 Å². The Hall–Kier alpha value is -3.16. The summed E-state index contributed by atoms with van der Waals surface area (Å²) < 4.78 is 10.8. The minimum absolute atomic E-state index is 0.00710. The predicted octanol–water partition coefficient (Wildman–Crippen LogP) is 2.30. The van der Waals surface area contributed by atoms with Crippen molar-refractivity contribution in [2.45, 2.75) is 32.2 Å². The van der Waals surface area contributed by atoms with Crippen LogP contribution in [0.15, 0.2) is 18.2 Å². The number of ether oxygens (including phenoxy) is 2. The van der Waals surface area contributed by atoms with E-state index in [0.717, 1.165) is 24.1 Å². The molecule has 2 amide bonds. The Morgan fingerprint density at radius 2 is 1.86 bits per heavy atom. The number of likely N-dealkylation sites (N-methyl/N-ethyl adjacent to an activating group) is 1. The van der Waals surface area contributed by atoms with Crippen molar-refractivity contribution in [2.24, 2.45) is 0 Å². The van der Waals surface area contributed by atoms with Gasteiger partial charge in [0.1, 0.15) is 22.9 Å². The second-order valence-electron chi connectivity index (χ2n) is 7.29. The standard InChI is InChI=1S/C21H24N4O4/c1-12-13-11-17(26)24(2)20(13)23-19(22-12)14-7-6-10-25(14)21(27)18-15(28-3)8-5-9-16(18)29-4/h5,8-9,14H,6-7,10-11H2,1-4H3. The summed E-state index contributed by atoms with van der Waals surface area (Å²) in [4.78, 5) is 38.2. The summed E-state index contributed by atoms with van der Waals surface area (Å²) >= 11 is 0. The smallest absolute Gasteiger partial charge is 0.262 e. The largest absolute Gasteiger partial charge is 0.496 e. The van der Waals surface area contributed by atoms with E-state index in [-0.39, 0.29) is 17.9 Å². The number of anilines is 1. The molecule has 0 aliphatic carbocycles. The number of nitrogens with zero attached hydrogens (tertiary/aromatic N) is 4. The lowest BCUT2D eigenvalue weighted by molar-refractivity contribution is -0.117. The van der Waals surface area contributed by atoms with Crippen LogP contribution in [0.2, 0.25) is 0 Å². The van der Waals surface area contributed by atoms with Crippen molar-refractivity contribution in [3.63, 3.8) is 0 Å². The molecule has 1 aromatic heterocycles. The Balaban J connectivity index is 1.72. The van der Waals surface area contributed by atoms with Crippen LogP contribution in [0.1, 0.15) is 46.3 Å². The highest BCUT2D eigenvalue weighted by Crippen LogP contribution is 2.38.